The third kappa shape index (κ3) is 3.85. The number of methoxy groups -OCH3 is 1. The molecule has 1 fully saturated rings. The van der Waals surface area contributed by atoms with Gasteiger partial charge in [-0.1, -0.05) is 6.07 Å². The smallest absolute Gasteiger partial charge is 0.161 e. The highest BCUT2D eigenvalue weighted by atomic mass is 16.5. The summed E-state index contributed by atoms with van der Waals surface area (Å²) in [5.74, 6) is 1.51. The van der Waals surface area contributed by atoms with Crippen molar-refractivity contribution in [1.29, 1.82) is 0 Å². The summed E-state index contributed by atoms with van der Waals surface area (Å²) in [6.07, 6.45) is 0.396. The highest BCUT2D eigenvalue weighted by Crippen LogP contribution is 2.27. The Hall–Kier alpha value is -1.30. The van der Waals surface area contributed by atoms with Crippen molar-refractivity contribution in [2.75, 3.05) is 33.4 Å². The van der Waals surface area contributed by atoms with E-state index in [1.165, 1.54) is 0 Å². The minimum atomic E-state index is -0.433. The molecule has 2 atom stereocenters. The molecule has 2 rings (SSSR count). The average Bonchev–Trinajstić information content (AvgIpc) is 2.44. The number of nitrogens with zero attached hydrogens (tertiary/aromatic N) is 1. The highest BCUT2D eigenvalue weighted by molar-refractivity contribution is 5.42. The molecule has 0 radical (unpaired) electrons. The predicted molar refractivity (Wildman–Crippen MR) is 78.3 cm³/mol. The van der Waals surface area contributed by atoms with E-state index in [0.717, 1.165) is 36.6 Å². The molecule has 1 aromatic carbocycles. The molecule has 0 amide bonds. The number of hydrogen-bond acceptors (Lipinski definition) is 5. The molecule has 5 heteroatoms. The number of aliphatic hydroxyl groups is 1. The Labute approximate surface area is 120 Å². The maximum Gasteiger partial charge on any atom is 0.161 e. The molecule has 112 valence electrons. The first-order valence-corrected chi connectivity index (χ1v) is 7.03. The number of hydrogen-bond donors (Lipinski definition) is 2. The molecule has 0 bridgehead atoms. The van der Waals surface area contributed by atoms with Crippen molar-refractivity contribution in [2.24, 2.45) is 5.73 Å². The van der Waals surface area contributed by atoms with E-state index in [4.69, 9.17) is 15.2 Å². The second-order valence-corrected chi connectivity index (χ2v) is 5.32. The van der Waals surface area contributed by atoms with Gasteiger partial charge in [0.1, 0.15) is 6.61 Å². The molecule has 1 aliphatic rings. The minimum absolute atomic E-state index is 0.0932. The molecule has 20 heavy (non-hydrogen) atoms. The van der Waals surface area contributed by atoms with E-state index >= 15 is 0 Å². The molecule has 1 aliphatic heterocycles. The maximum atomic E-state index is 9.75. The number of rotatable bonds is 5. The predicted octanol–water partition coefficient (Wildman–Crippen LogP) is 0.776. The minimum Gasteiger partial charge on any atom is -0.493 e. The van der Waals surface area contributed by atoms with Crippen molar-refractivity contribution >= 4 is 0 Å². The Bertz CT molecular complexity index is 439. The molecule has 0 aromatic heterocycles. The molecular formula is C15H24N2O3. The summed E-state index contributed by atoms with van der Waals surface area (Å²) >= 11 is 0. The number of aliphatic hydroxyl groups excluding tert-OH is 1. The van der Waals surface area contributed by atoms with Gasteiger partial charge in [0.2, 0.25) is 0 Å². The number of β-amino-alcohol motifs (C(OH)–C–C–N with tert-alkyl or cyclic N) is 1. The summed E-state index contributed by atoms with van der Waals surface area (Å²) in [6.45, 7) is 4.90. The van der Waals surface area contributed by atoms with Gasteiger partial charge >= 0.3 is 0 Å². The van der Waals surface area contributed by atoms with Crippen molar-refractivity contribution in [2.45, 2.75) is 25.5 Å². The van der Waals surface area contributed by atoms with Crippen molar-refractivity contribution in [3.05, 3.63) is 23.8 Å². The molecule has 0 saturated carbocycles. The number of ether oxygens (including phenoxy) is 2. The largest absolute Gasteiger partial charge is 0.493 e. The quantitative estimate of drug-likeness (QED) is 0.834. The number of likely N-dealkylation sites (tertiary alicyclic amines) is 1. The van der Waals surface area contributed by atoms with Crippen LogP contribution in [0.25, 0.3) is 0 Å². The lowest BCUT2D eigenvalue weighted by molar-refractivity contribution is 0.0472. The standard InChI is InChI=1S/C15H24N2O3/c1-11-3-4-14(15(9-11)19-2)20-8-7-17-6-5-12(16)13(18)10-17/h3-4,9,12-13,18H,5-8,10,16H2,1-2H3/t12-,13-/m1/s1. The van der Waals surface area contributed by atoms with Gasteiger partial charge in [-0.25, -0.2) is 0 Å². The van der Waals surface area contributed by atoms with E-state index in [1.807, 2.05) is 25.1 Å². The van der Waals surface area contributed by atoms with Gasteiger partial charge in [0, 0.05) is 19.1 Å². The average molecular weight is 280 g/mol. The van der Waals surface area contributed by atoms with Crippen LogP contribution in [-0.2, 0) is 0 Å². The van der Waals surface area contributed by atoms with E-state index in [1.54, 1.807) is 7.11 Å². The van der Waals surface area contributed by atoms with Gasteiger partial charge < -0.3 is 20.3 Å². The van der Waals surface area contributed by atoms with Gasteiger partial charge in [0.25, 0.3) is 0 Å². The van der Waals surface area contributed by atoms with Crippen LogP contribution < -0.4 is 15.2 Å². The SMILES string of the molecule is COc1cc(C)ccc1OCCN1CC[C@@H](N)[C@H](O)C1. The molecular weight excluding hydrogens is 256 g/mol. The first-order chi connectivity index (χ1) is 9.60. The summed E-state index contributed by atoms with van der Waals surface area (Å²) < 4.78 is 11.1. The Kier molecular flexibility index (Phi) is 5.23. The highest BCUT2D eigenvalue weighted by Gasteiger charge is 2.24. The van der Waals surface area contributed by atoms with Crippen LogP contribution in [0.15, 0.2) is 18.2 Å². The number of aryl methyl sites for hydroxylation is 1. The van der Waals surface area contributed by atoms with Crippen molar-refractivity contribution in [1.82, 2.24) is 4.90 Å². The zero-order valence-corrected chi connectivity index (χ0v) is 12.2. The zero-order valence-electron chi connectivity index (χ0n) is 12.2. The lowest BCUT2D eigenvalue weighted by Crippen LogP contribution is -2.51. The van der Waals surface area contributed by atoms with Gasteiger partial charge in [-0.3, -0.25) is 4.90 Å². The summed E-state index contributed by atoms with van der Waals surface area (Å²) in [5, 5.41) is 9.75. The number of piperidine rings is 1. The first-order valence-electron chi connectivity index (χ1n) is 7.03. The van der Waals surface area contributed by atoms with E-state index in [0.29, 0.717) is 13.2 Å². The summed E-state index contributed by atoms with van der Waals surface area (Å²) in [7, 11) is 1.64. The second-order valence-electron chi connectivity index (χ2n) is 5.32. The van der Waals surface area contributed by atoms with Crippen molar-refractivity contribution < 1.29 is 14.6 Å². The Morgan fingerprint density at radius 1 is 1.40 bits per heavy atom. The molecule has 1 aromatic rings. The van der Waals surface area contributed by atoms with Crippen LogP contribution in [0.4, 0.5) is 0 Å². The second kappa shape index (κ2) is 6.92. The maximum absolute atomic E-state index is 9.75. The summed E-state index contributed by atoms with van der Waals surface area (Å²) in [4.78, 5) is 2.18. The van der Waals surface area contributed by atoms with Crippen molar-refractivity contribution in [3.8, 4) is 11.5 Å². The Balaban J connectivity index is 1.81. The molecule has 0 aliphatic carbocycles. The van der Waals surface area contributed by atoms with Crippen LogP contribution in [-0.4, -0.2) is 55.5 Å². The van der Waals surface area contributed by atoms with Gasteiger partial charge in [-0.05, 0) is 37.6 Å². The Morgan fingerprint density at radius 2 is 2.20 bits per heavy atom. The third-order valence-corrected chi connectivity index (χ3v) is 3.70. The normalized spacial score (nSPS) is 23.6. The van der Waals surface area contributed by atoms with Crippen LogP contribution in [0.1, 0.15) is 12.0 Å². The number of benzene rings is 1. The Morgan fingerprint density at radius 3 is 2.90 bits per heavy atom. The fraction of sp³-hybridized carbons (Fsp3) is 0.600. The summed E-state index contributed by atoms with van der Waals surface area (Å²) in [5.41, 5.74) is 6.93. The fourth-order valence-electron chi connectivity index (χ4n) is 2.40. The van der Waals surface area contributed by atoms with Gasteiger partial charge in [-0.2, -0.15) is 0 Å². The van der Waals surface area contributed by atoms with Gasteiger partial charge in [0.05, 0.1) is 13.2 Å². The van der Waals surface area contributed by atoms with Gasteiger partial charge in [0.15, 0.2) is 11.5 Å². The lowest BCUT2D eigenvalue weighted by Gasteiger charge is -2.33. The molecule has 3 N–H and O–H groups in total. The van der Waals surface area contributed by atoms with Crippen LogP contribution in [0.5, 0.6) is 11.5 Å². The topological polar surface area (TPSA) is 68.0 Å². The van der Waals surface area contributed by atoms with Crippen LogP contribution >= 0.6 is 0 Å². The molecule has 1 saturated heterocycles. The summed E-state index contributed by atoms with van der Waals surface area (Å²) in [6, 6.07) is 5.79. The fourth-order valence-corrected chi connectivity index (χ4v) is 2.40. The van der Waals surface area contributed by atoms with Crippen LogP contribution in [0, 0.1) is 6.92 Å². The van der Waals surface area contributed by atoms with Crippen LogP contribution in [0.3, 0.4) is 0 Å². The molecule has 0 spiro atoms. The van der Waals surface area contributed by atoms with Gasteiger partial charge in [-0.15, -0.1) is 0 Å². The molecule has 5 nitrogen and oxygen atoms in total. The van der Waals surface area contributed by atoms with E-state index in [9.17, 15) is 5.11 Å². The molecule has 1 heterocycles. The first kappa shape index (κ1) is 15.1. The zero-order chi connectivity index (χ0) is 14.5. The molecule has 0 unspecified atom stereocenters. The van der Waals surface area contributed by atoms with E-state index in [-0.39, 0.29) is 6.04 Å². The lowest BCUT2D eigenvalue weighted by atomic mass is 10.0. The van der Waals surface area contributed by atoms with E-state index in [2.05, 4.69) is 4.90 Å². The monoisotopic (exact) mass is 280 g/mol. The third-order valence-electron chi connectivity index (χ3n) is 3.70. The number of nitrogens with two attached hydrogens (primary N) is 1. The van der Waals surface area contributed by atoms with Crippen molar-refractivity contribution in [3.63, 3.8) is 0 Å². The van der Waals surface area contributed by atoms with E-state index < -0.39 is 6.10 Å². The van der Waals surface area contributed by atoms with Crippen LogP contribution in [0.2, 0.25) is 0 Å².